The van der Waals surface area contributed by atoms with Gasteiger partial charge in [0.05, 0.1) is 11.7 Å². The number of nitrogens with one attached hydrogen (secondary N) is 1. The lowest BCUT2D eigenvalue weighted by Crippen LogP contribution is -2.32. The molecular weight excluding hydrogens is 440 g/mol. The SMILES string of the molecule is CC(C)Oc1cc(C(=O)NS(=O)(=O)c2ccccc2S(N)(=O)=O)ccc1C#CC1CC1. The average Bonchev–Trinajstić information content (AvgIpc) is 3.50. The van der Waals surface area contributed by atoms with Gasteiger partial charge in [-0.05, 0) is 57.0 Å². The topological polar surface area (TPSA) is 133 Å². The van der Waals surface area contributed by atoms with Crippen LogP contribution in [0.5, 0.6) is 5.75 Å². The van der Waals surface area contributed by atoms with Gasteiger partial charge in [0.2, 0.25) is 10.0 Å². The number of carbonyl (C=O) groups excluding carboxylic acids is 1. The third-order valence-electron chi connectivity index (χ3n) is 4.27. The standard InChI is InChI=1S/C21H22N2O6S2/c1-14(2)29-18-13-17(12-11-16(18)10-9-15-7-8-15)21(24)23-31(27,28)20-6-4-3-5-19(20)30(22,25)26/h3-6,11-15H,7-8H2,1-2H3,(H,23,24)(H2,22,25,26). The van der Waals surface area contributed by atoms with Gasteiger partial charge in [0.15, 0.2) is 0 Å². The molecule has 0 spiro atoms. The summed E-state index contributed by atoms with van der Waals surface area (Å²) in [6.07, 6.45) is 1.93. The molecule has 1 fully saturated rings. The van der Waals surface area contributed by atoms with Crippen LogP contribution >= 0.6 is 0 Å². The fraction of sp³-hybridized carbons (Fsp3) is 0.286. The van der Waals surface area contributed by atoms with E-state index in [1.165, 1.54) is 24.3 Å². The van der Waals surface area contributed by atoms with Crippen molar-refractivity contribution in [3.05, 3.63) is 53.6 Å². The van der Waals surface area contributed by atoms with Crippen LogP contribution in [0.4, 0.5) is 0 Å². The summed E-state index contributed by atoms with van der Waals surface area (Å²) in [6.45, 7) is 3.64. The Morgan fingerprint density at radius 1 is 1.10 bits per heavy atom. The van der Waals surface area contributed by atoms with Gasteiger partial charge in [-0.25, -0.2) is 26.7 Å². The first-order valence-electron chi connectivity index (χ1n) is 9.48. The van der Waals surface area contributed by atoms with Gasteiger partial charge in [0.1, 0.15) is 15.5 Å². The maximum atomic E-state index is 12.7. The summed E-state index contributed by atoms with van der Waals surface area (Å²) in [5, 5.41) is 5.10. The van der Waals surface area contributed by atoms with E-state index in [0.29, 0.717) is 17.2 Å². The van der Waals surface area contributed by atoms with Crippen LogP contribution in [0.1, 0.15) is 42.6 Å². The van der Waals surface area contributed by atoms with Crippen molar-refractivity contribution in [2.75, 3.05) is 0 Å². The van der Waals surface area contributed by atoms with Crippen molar-refractivity contribution in [3.63, 3.8) is 0 Å². The second-order valence-electron chi connectivity index (χ2n) is 7.35. The molecule has 0 atom stereocenters. The molecule has 10 heteroatoms. The van der Waals surface area contributed by atoms with Gasteiger partial charge >= 0.3 is 0 Å². The molecule has 3 rings (SSSR count). The third kappa shape index (κ3) is 5.85. The zero-order valence-corrected chi connectivity index (χ0v) is 18.6. The van der Waals surface area contributed by atoms with Crippen LogP contribution in [-0.2, 0) is 20.0 Å². The number of hydrogen-bond donors (Lipinski definition) is 2. The van der Waals surface area contributed by atoms with Crippen LogP contribution in [-0.4, -0.2) is 28.8 Å². The summed E-state index contributed by atoms with van der Waals surface area (Å²) < 4.78 is 56.5. The van der Waals surface area contributed by atoms with Gasteiger partial charge in [-0.3, -0.25) is 4.79 Å². The molecule has 2 aromatic rings. The second-order valence-corrected chi connectivity index (χ2v) is 10.5. The third-order valence-corrected chi connectivity index (χ3v) is 6.75. The molecule has 1 aliphatic carbocycles. The number of nitrogens with two attached hydrogens (primary N) is 1. The number of benzene rings is 2. The fourth-order valence-corrected chi connectivity index (χ4v) is 5.03. The first-order chi connectivity index (χ1) is 14.5. The van der Waals surface area contributed by atoms with Crippen LogP contribution in [0.2, 0.25) is 0 Å². The minimum atomic E-state index is -4.51. The Labute approximate surface area is 181 Å². The Morgan fingerprint density at radius 3 is 2.32 bits per heavy atom. The van der Waals surface area contributed by atoms with E-state index in [2.05, 4.69) is 11.8 Å². The van der Waals surface area contributed by atoms with Crippen molar-refractivity contribution in [2.24, 2.45) is 11.1 Å². The minimum absolute atomic E-state index is 0.0179. The van der Waals surface area contributed by atoms with E-state index in [4.69, 9.17) is 9.88 Å². The number of rotatable bonds is 6. The molecule has 8 nitrogen and oxygen atoms in total. The second kappa shape index (κ2) is 8.70. The van der Waals surface area contributed by atoms with Crippen molar-refractivity contribution >= 4 is 26.0 Å². The van der Waals surface area contributed by atoms with Gasteiger partial charge in [-0.2, -0.15) is 0 Å². The smallest absolute Gasteiger partial charge is 0.265 e. The molecular formula is C21H22N2O6S2. The van der Waals surface area contributed by atoms with E-state index in [1.54, 1.807) is 6.07 Å². The van der Waals surface area contributed by atoms with Crippen LogP contribution in [0.15, 0.2) is 52.3 Å². The Morgan fingerprint density at radius 2 is 1.74 bits per heavy atom. The van der Waals surface area contributed by atoms with Gasteiger partial charge in [-0.15, -0.1) is 0 Å². The van der Waals surface area contributed by atoms with Gasteiger partial charge in [0, 0.05) is 11.5 Å². The molecule has 0 aromatic heterocycles. The average molecular weight is 463 g/mol. The molecule has 1 amide bonds. The summed E-state index contributed by atoms with van der Waals surface area (Å²) >= 11 is 0. The van der Waals surface area contributed by atoms with E-state index in [1.807, 2.05) is 18.6 Å². The molecule has 0 radical (unpaired) electrons. The van der Waals surface area contributed by atoms with Crippen molar-refractivity contribution in [1.29, 1.82) is 0 Å². The Bertz CT molecular complexity index is 1280. The van der Waals surface area contributed by atoms with E-state index < -0.39 is 35.7 Å². The van der Waals surface area contributed by atoms with E-state index in [-0.39, 0.29) is 11.7 Å². The molecule has 2 aromatic carbocycles. The quantitative estimate of drug-likeness (QED) is 0.631. The molecule has 1 aliphatic rings. The molecule has 0 saturated heterocycles. The van der Waals surface area contributed by atoms with Crippen LogP contribution in [0.3, 0.4) is 0 Å². The molecule has 1 saturated carbocycles. The zero-order chi connectivity index (χ0) is 22.8. The first kappa shape index (κ1) is 22.8. The molecule has 0 unspecified atom stereocenters. The molecule has 31 heavy (non-hydrogen) atoms. The monoisotopic (exact) mass is 462 g/mol. The highest BCUT2D eigenvalue weighted by Crippen LogP contribution is 2.28. The minimum Gasteiger partial charge on any atom is -0.490 e. The highest BCUT2D eigenvalue weighted by atomic mass is 32.2. The number of ether oxygens (including phenoxy) is 1. The lowest BCUT2D eigenvalue weighted by atomic mass is 10.1. The molecule has 164 valence electrons. The maximum absolute atomic E-state index is 12.7. The summed E-state index contributed by atoms with van der Waals surface area (Å²) in [7, 11) is -8.83. The predicted octanol–water partition coefficient (Wildman–Crippen LogP) is 2.00. The number of primary sulfonamides is 1. The van der Waals surface area contributed by atoms with Crippen LogP contribution < -0.4 is 14.6 Å². The summed E-state index contributed by atoms with van der Waals surface area (Å²) in [5.41, 5.74) is 0.615. The maximum Gasteiger partial charge on any atom is 0.265 e. The highest BCUT2D eigenvalue weighted by Gasteiger charge is 2.26. The normalized spacial score (nSPS) is 13.9. The van der Waals surface area contributed by atoms with Crippen molar-refractivity contribution in [2.45, 2.75) is 42.6 Å². The lowest BCUT2D eigenvalue weighted by molar-refractivity contribution is 0.0980. The lowest BCUT2D eigenvalue weighted by Gasteiger charge is -2.14. The van der Waals surface area contributed by atoms with Crippen LogP contribution in [0, 0.1) is 17.8 Å². The Hall–Kier alpha value is -2.87. The number of sulfonamides is 2. The molecule has 0 aliphatic heterocycles. The molecule has 0 bridgehead atoms. The fourth-order valence-electron chi connectivity index (χ4n) is 2.67. The number of carbonyl (C=O) groups is 1. The first-order valence-corrected chi connectivity index (χ1v) is 12.5. The number of amides is 1. The predicted molar refractivity (Wildman–Crippen MR) is 114 cm³/mol. The zero-order valence-electron chi connectivity index (χ0n) is 17.0. The largest absolute Gasteiger partial charge is 0.490 e. The van der Waals surface area contributed by atoms with Crippen molar-refractivity contribution < 1.29 is 26.4 Å². The molecule has 3 N–H and O–H groups in total. The highest BCUT2D eigenvalue weighted by molar-refractivity contribution is 7.92. The number of hydrogen-bond acceptors (Lipinski definition) is 6. The summed E-state index contributed by atoms with van der Waals surface area (Å²) in [5.74, 6) is 5.95. The van der Waals surface area contributed by atoms with Crippen molar-refractivity contribution in [1.82, 2.24) is 4.72 Å². The summed E-state index contributed by atoms with van der Waals surface area (Å²) in [4.78, 5) is 11.4. The Balaban J connectivity index is 1.92. The van der Waals surface area contributed by atoms with Gasteiger partial charge in [-0.1, -0.05) is 24.0 Å². The van der Waals surface area contributed by atoms with Crippen LogP contribution in [0.25, 0.3) is 0 Å². The van der Waals surface area contributed by atoms with Gasteiger partial charge < -0.3 is 4.74 Å². The van der Waals surface area contributed by atoms with Crippen molar-refractivity contribution in [3.8, 4) is 17.6 Å². The summed E-state index contributed by atoms with van der Waals surface area (Å²) in [6, 6.07) is 9.20. The van der Waals surface area contributed by atoms with Gasteiger partial charge in [0.25, 0.3) is 15.9 Å². The molecule has 0 heterocycles. The van der Waals surface area contributed by atoms with E-state index in [0.717, 1.165) is 25.0 Å². The Kier molecular flexibility index (Phi) is 6.40. The van der Waals surface area contributed by atoms with E-state index >= 15 is 0 Å². The van der Waals surface area contributed by atoms with E-state index in [9.17, 15) is 21.6 Å².